The molecule has 0 spiro atoms. The Morgan fingerprint density at radius 1 is 1.29 bits per heavy atom. The number of anilines is 1. The molecule has 1 amide bonds. The number of nitrogens with two attached hydrogens (primary N) is 1. The van der Waals surface area contributed by atoms with E-state index in [0.717, 1.165) is 38.2 Å². The number of carbonyl (C=O) groups is 1. The van der Waals surface area contributed by atoms with Crippen LogP contribution in [-0.2, 0) is 11.3 Å². The second-order valence-electron chi connectivity index (χ2n) is 7.69. The summed E-state index contributed by atoms with van der Waals surface area (Å²) in [5, 5.41) is 4.48. The molecule has 1 aliphatic heterocycles. The summed E-state index contributed by atoms with van der Waals surface area (Å²) in [6.45, 7) is 7.19. The lowest BCUT2D eigenvalue weighted by atomic mass is 9.99. The zero-order valence-electron chi connectivity index (χ0n) is 17.1. The normalized spacial score (nSPS) is 16.7. The molecule has 1 fully saturated rings. The Balaban J connectivity index is 1.73. The summed E-state index contributed by atoms with van der Waals surface area (Å²) in [5.41, 5.74) is 9.36. The first-order valence-corrected chi connectivity index (χ1v) is 10.9. The SMILES string of the molecule is COc1ccc(N(Cc2cscc2C)C2CCN([C@H](C)CC(N)=O)CC2)cc1. The zero-order valence-corrected chi connectivity index (χ0v) is 17.9. The van der Waals surface area contributed by atoms with E-state index in [1.807, 2.05) is 12.1 Å². The number of aryl methyl sites for hydroxylation is 1. The number of ether oxygens (including phenoxy) is 1. The first-order chi connectivity index (χ1) is 13.5. The number of benzene rings is 1. The second kappa shape index (κ2) is 9.43. The van der Waals surface area contributed by atoms with Crippen LogP contribution in [0.4, 0.5) is 5.69 Å². The molecule has 0 aliphatic carbocycles. The maximum Gasteiger partial charge on any atom is 0.218 e. The smallest absolute Gasteiger partial charge is 0.218 e. The van der Waals surface area contributed by atoms with Gasteiger partial charge in [0, 0.05) is 43.8 Å². The van der Waals surface area contributed by atoms with Crippen LogP contribution in [-0.4, -0.2) is 43.1 Å². The zero-order chi connectivity index (χ0) is 20.1. The maximum atomic E-state index is 11.2. The number of hydrogen-bond donors (Lipinski definition) is 1. The Morgan fingerprint density at radius 2 is 1.96 bits per heavy atom. The van der Waals surface area contributed by atoms with E-state index in [1.54, 1.807) is 18.4 Å². The van der Waals surface area contributed by atoms with E-state index >= 15 is 0 Å². The van der Waals surface area contributed by atoms with Gasteiger partial charge in [-0.1, -0.05) is 0 Å². The van der Waals surface area contributed by atoms with Crippen molar-refractivity contribution < 1.29 is 9.53 Å². The van der Waals surface area contributed by atoms with Crippen molar-refractivity contribution in [2.75, 3.05) is 25.1 Å². The highest BCUT2D eigenvalue weighted by Gasteiger charge is 2.28. The van der Waals surface area contributed by atoms with Gasteiger partial charge in [-0.05, 0) is 72.8 Å². The van der Waals surface area contributed by atoms with Gasteiger partial charge in [-0.2, -0.15) is 11.3 Å². The third-order valence-corrected chi connectivity index (χ3v) is 6.68. The monoisotopic (exact) mass is 401 g/mol. The lowest BCUT2D eigenvalue weighted by Gasteiger charge is -2.41. The minimum atomic E-state index is -0.220. The highest BCUT2D eigenvalue weighted by Crippen LogP contribution is 2.29. The van der Waals surface area contributed by atoms with Gasteiger partial charge in [0.2, 0.25) is 5.91 Å². The number of hydrogen-bond acceptors (Lipinski definition) is 5. The Morgan fingerprint density at radius 3 is 2.50 bits per heavy atom. The number of thiophene rings is 1. The summed E-state index contributed by atoms with van der Waals surface area (Å²) < 4.78 is 5.33. The lowest BCUT2D eigenvalue weighted by Crippen LogP contribution is -2.48. The fourth-order valence-electron chi connectivity index (χ4n) is 4.00. The minimum absolute atomic E-state index is 0.215. The molecule has 1 aromatic heterocycles. The molecule has 28 heavy (non-hydrogen) atoms. The topological polar surface area (TPSA) is 58.8 Å². The van der Waals surface area contributed by atoms with E-state index in [1.165, 1.54) is 16.8 Å². The summed E-state index contributed by atoms with van der Waals surface area (Å²) in [4.78, 5) is 16.2. The van der Waals surface area contributed by atoms with Crippen molar-refractivity contribution in [3.63, 3.8) is 0 Å². The molecule has 2 heterocycles. The molecule has 1 atom stereocenters. The number of amides is 1. The molecule has 0 unspecified atom stereocenters. The van der Waals surface area contributed by atoms with Crippen LogP contribution in [0.3, 0.4) is 0 Å². The van der Waals surface area contributed by atoms with Gasteiger partial charge in [0.05, 0.1) is 7.11 Å². The molecule has 2 aromatic rings. The number of rotatable bonds is 8. The first kappa shape index (κ1) is 20.7. The van der Waals surface area contributed by atoms with E-state index < -0.39 is 0 Å². The molecule has 0 bridgehead atoms. The Bertz CT molecular complexity index is 766. The molecule has 5 nitrogen and oxygen atoms in total. The van der Waals surface area contributed by atoms with Crippen LogP contribution in [0.25, 0.3) is 0 Å². The fraction of sp³-hybridized carbons (Fsp3) is 0.500. The lowest BCUT2D eigenvalue weighted by molar-refractivity contribution is -0.119. The van der Waals surface area contributed by atoms with E-state index in [9.17, 15) is 4.79 Å². The van der Waals surface area contributed by atoms with E-state index in [4.69, 9.17) is 10.5 Å². The predicted molar refractivity (Wildman–Crippen MR) is 116 cm³/mol. The molecular weight excluding hydrogens is 370 g/mol. The van der Waals surface area contributed by atoms with Crippen molar-refractivity contribution in [2.24, 2.45) is 5.73 Å². The predicted octanol–water partition coefficient (Wildman–Crippen LogP) is 3.80. The Labute approximate surface area is 172 Å². The Hall–Kier alpha value is -2.05. The van der Waals surface area contributed by atoms with Crippen LogP contribution in [0.15, 0.2) is 35.0 Å². The highest BCUT2D eigenvalue weighted by atomic mass is 32.1. The minimum Gasteiger partial charge on any atom is -0.497 e. The van der Waals surface area contributed by atoms with Gasteiger partial charge in [-0.3, -0.25) is 9.69 Å². The van der Waals surface area contributed by atoms with Gasteiger partial charge in [0.15, 0.2) is 0 Å². The summed E-state index contributed by atoms with van der Waals surface area (Å²) in [5.74, 6) is 0.660. The molecule has 0 radical (unpaired) electrons. The number of likely N-dealkylation sites (tertiary alicyclic amines) is 1. The molecular formula is C22H31N3O2S. The first-order valence-electron chi connectivity index (χ1n) is 9.92. The summed E-state index contributed by atoms with van der Waals surface area (Å²) in [7, 11) is 1.70. The second-order valence-corrected chi connectivity index (χ2v) is 8.44. The van der Waals surface area contributed by atoms with Gasteiger partial charge in [-0.15, -0.1) is 0 Å². The van der Waals surface area contributed by atoms with Gasteiger partial charge in [0.25, 0.3) is 0 Å². The van der Waals surface area contributed by atoms with Crippen LogP contribution >= 0.6 is 11.3 Å². The maximum absolute atomic E-state index is 11.2. The van der Waals surface area contributed by atoms with Crippen LogP contribution in [0.1, 0.15) is 37.3 Å². The molecule has 152 valence electrons. The number of methoxy groups -OCH3 is 1. The molecule has 1 aromatic carbocycles. The standard InChI is InChI=1S/C22H31N3O2S/c1-16-14-28-15-18(16)13-25(19-4-6-21(27-3)7-5-19)20-8-10-24(11-9-20)17(2)12-22(23)26/h4-7,14-15,17,20H,8-13H2,1-3H3,(H2,23,26)/t17-/m1/s1. The molecule has 1 aliphatic rings. The quantitative estimate of drug-likeness (QED) is 0.731. The van der Waals surface area contributed by atoms with Crippen LogP contribution in [0, 0.1) is 6.92 Å². The van der Waals surface area contributed by atoms with Crippen molar-refractivity contribution >= 4 is 22.9 Å². The highest BCUT2D eigenvalue weighted by molar-refractivity contribution is 7.08. The summed E-state index contributed by atoms with van der Waals surface area (Å²) in [6.07, 6.45) is 2.59. The molecule has 3 rings (SSSR count). The molecule has 0 saturated carbocycles. The molecule has 2 N–H and O–H groups in total. The average Bonchev–Trinajstić information content (AvgIpc) is 3.10. The summed E-state index contributed by atoms with van der Waals surface area (Å²) >= 11 is 1.77. The van der Waals surface area contributed by atoms with Gasteiger partial charge in [0.1, 0.15) is 5.75 Å². The number of carbonyl (C=O) groups excluding carboxylic acids is 1. The van der Waals surface area contributed by atoms with Crippen molar-refractivity contribution in [3.8, 4) is 5.75 Å². The average molecular weight is 402 g/mol. The van der Waals surface area contributed by atoms with E-state index in [2.05, 4.69) is 46.5 Å². The molecule has 1 saturated heterocycles. The van der Waals surface area contributed by atoms with Gasteiger partial charge in [-0.25, -0.2) is 0 Å². The van der Waals surface area contributed by atoms with Crippen molar-refractivity contribution in [3.05, 3.63) is 46.2 Å². The van der Waals surface area contributed by atoms with Crippen molar-refractivity contribution in [2.45, 2.75) is 51.7 Å². The molecule has 6 heteroatoms. The largest absolute Gasteiger partial charge is 0.497 e. The van der Waals surface area contributed by atoms with Crippen molar-refractivity contribution in [1.82, 2.24) is 4.90 Å². The van der Waals surface area contributed by atoms with Gasteiger partial charge >= 0.3 is 0 Å². The van der Waals surface area contributed by atoms with Crippen LogP contribution in [0.5, 0.6) is 5.75 Å². The Kier molecular flexibility index (Phi) is 6.97. The number of primary amides is 1. The number of nitrogens with zero attached hydrogens (tertiary/aromatic N) is 2. The summed E-state index contributed by atoms with van der Waals surface area (Å²) in [6, 6.07) is 9.07. The van der Waals surface area contributed by atoms with E-state index in [-0.39, 0.29) is 11.9 Å². The van der Waals surface area contributed by atoms with Gasteiger partial charge < -0.3 is 15.4 Å². The van der Waals surface area contributed by atoms with E-state index in [0.29, 0.717) is 12.5 Å². The third-order valence-electron chi connectivity index (χ3n) is 5.77. The third kappa shape index (κ3) is 5.06. The fourth-order valence-corrected chi connectivity index (χ4v) is 4.84. The van der Waals surface area contributed by atoms with Crippen molar-refractivity contribution in [1.29, 1.82) is 0 Å². The van der Waals surface area contributed by atoms with Crippen LogP contribution in [0.2, 0.25) is 0 Å². The van der Waals surface area contributed by atoms with Crippen LogP contribution < -0.4 is 15.4 Å². The number of piperidine rings is 1.